The topological polar surface area (TPSA) is 59.1 Å². The lowest BCUT2D eigenvalue weighted by molar-refractivity contribution is 0.601. The Hall–Kier alpha value is -2.18. The number of rotatable bonds is 6. The van der Waals surface area contributed by atoms with Crippen LogP contribution in [0.15, 0.2) is 65.1 Å². The second-order valence-electron chi connectivity index (χ2n) is 5.40. The molecule has 0 bridgehead atoms. The lowest BCUT2D eigenvalue weighted by atomic mass is 10.1. The smallest absolute Gasteiger partial charge is 0.261 e. The predicted octanol–water partition coefficient (Wildman–Crippen LogP) is 4.56. The molecule has 1 aromatic carbocycles. The van der Waals surface area contributed by atoms with Crippen LogP contribution in [-0.4, -0.2) is 13.4 Å². The zero-order chi connectivity index (χ0) is 17.0. The van der Waals surface area contributed by atoms with Crippen molar-refractivity contribution in [3.8, 4) is 10.4 Å². The minimum atomic E-state index is -3.61. The molecule has 0 radical (unpaired) electrons. The van der Waals surface area contributed by atoms with Crippen molar-refractivity contribution in [2.45, 2.75) is 24.7 Å². The van der Waals surface area contributed by atoms with E-state index >= 15 is 0 Å². The minimum Gasteiger partial charge on any atom is -0.278 e. The summed E-state index contributed by atoms with van der Waals surface area (Å²) in [5, 5.41) is 1.87. The Bertz CT molecular complexity index is 902. The number of pyridine rings is 1. The van der Waals surface area contributed by atoms with Gasteiger partial charge in [0.15, 0.2) is 0 Å². The van der Waals surface area contributed by atoms with E-state index in [9.17, 15) is 8.42 Å². The van der Waals surface area contributed by atoms with E-state index in [0.29, 0.717) is 5.69 Å². The molecule has 0 atom stereocenters. The highest BCUT2D eigenvalue weighted by atomic mass is 32.2. The monoisotopic (exact) mass is 358 g/mol. The number of anilines is 1. The maximum atomic E-state index is 12.6. The number of nitrogens with one attached hydrogen (secondary N) is 1. The number of hydrogen-bond donors (Lipinski definition) is 1. The molecule has 0 aliphatic heterocycles. The molecule has 0 saturated heterocycles. The first kappa shape index (κ1) is 16.7. The molecule has 0 fully saturated rings. The van der Waals surface area contributed by atoms with Crippen LogP contribution >= 0.6 is 11.3 Å². The van der Waals surface area contributed by atoms with Crippen LogP contribution < -0.4 is 4.72 Å². The fourth-order valence-electron chi connectivity index (χ4n) is 2.44. The summed E-state index contributed by atoms with van der Waals surface area (Å²) >= 11 is 1.48. The fourth-order valence-corrected chi connectivity index (χ4v) is 4.42. The van der Waals surface area contributed by atoms with Gasteiger partial charge in [-0.25, -0.2) is 8.42 Å². The van der Waals surface area contributed by atoms with Gasteiger partial charge in [0.25, 0.3) is 10.0 Å². The van der Waals surface area contributed by atoms with Crippen LogP contribution in [0.25, 0.3) is 10.4 Å². The lowest BCUT2D eigenvalue weighted by Crippen LogP contribution is -2.13. The number of hydrogen-bond acceptors (Lipinski definition) is 4. The third-order valence-electron chi connectivity index (χ3n) is 3.61. The Morgan fingerprint density at radius 1 is 1.12 bits per heavy atom. The maximum Gasteiger partial charge on any atom is 0.261 e. The first-order valence-corrected chi connectivity index (χ1v) is 10.1. The fraction of sp³-hybridized carbons (Fsp3) is 0.167. The Morgan fingerprint density at radius 2 is 1.92 bits per heavy atom. The zero-order valence-electron chi connectivity index (χ0n) is 13.3. The molecule has 124 valence electrons. The largest absolute Gasteiger partial charge is 0.278 e. The molecule has 0 saturated carbocycles. The number of benzene rings is 1. The molecule has 2 aromatic heterocycles. The van der Waals surface area contributed by atoms with Crippen molar-refractivity contribution in [3.05, 3.63) is 65.8 Å². The molecule has 3 aromatic rings. The van der Waals surface area contributed by atoms with E-state index in [4.69, 9.17) is 0 Å². The normalized spacial score (nSPS) is 11.4. The quantitative estimate of drug-likeness (QED) is 0.702. The van der Waals surface area contributed by atoms with Crippen molar-refractivity contribution in [2.24, 2.45) is 0 Å². The minimum absolute atomic E-state index is 0.269. The van der Waals surface area contributed by atoms with Gasteiger partial charge < -0.3 is 0 Å². The molecule has 24 heavy (non-hydrogen) atoms. The summed E-state index contributed by atoms with van der Waals surface area (Å²) in [6, 6.07) is 12.6. The van der Waals surface area contributed by atoms with Gasteiger partial charge >= 0.3 is 0 Å². The second kappa shape index (κ2) is 7.15. The second-order valence-corrected chi connectivity index (χ2v) is 8.00. The Morgan fingerprint density at radius 3 is 2.58 bits per heavy atom. The van der Waals surface area contributed by atoms with Crippen LogP contribution in [0.1, 0.15) is 18.9 Å². The van der Waals surface area contributed by atoms with Crippen LogP contribution in [0, 0.1) is 0 Å². The maximum absolute atomic E-state index is 12.6. The highest BCUT2D eigenvalue weighted by Crippen LogP contribution is 2.34. The molecule has 0 spiro atoms. The Kier molecular flexibility index (Phi) is 4.97. The molecule has 1 N–H and O–H groups in total. The number of sulfonamides is 1. The van der Waals surface area contributed by atoms with Crippen molar-refractivity contribution in [3.63, 3.8) is 0 Å². The summed E-state index contributed by atoms with van der Waals surface area (Å²) in [6.45, 7) is 2.10. The number of aromatic nitrogens is 1. The van der Waals surface area contributed by atoms with Gasteiger partial charge in [-0.1, -0.05) is 31.5 Å². The summed E-state index contributed by atoms with van der Waals surface area (Å²) in [4.78, 5) is 5.22. The van der Waals surface area contributed by atoms with E-state index in [1.807, 2.05) is 29.6 Å². The first-order chi connectivity index (χ1) is 11.6. The molecule has 0 unspecified atom stereocenters. The van der Waals surface area contributed by atoms with Gasteiger partial charge in [-0.15, -0.1) is 11.3 Å². The third kappa shape index (κ3) is 3.66. The molecule has 4 nitrogen and oxygen atoms in total. The van der Waals surface area contributed by atoms with Gasteiger partial charge in [0, 0.05) is 18.0 Å². The van der Waals surface area contributed by atoms with Crippen molar-refractivity contribution in [2.75, 3.05) is 4.72 Å². The first-order valence-electron chi connectivity index (χ1n) is 7.70. The standard InChI is InChI=1S/C18H18N2O2S2/c1-2-4-14-6-8-16(9-7-14)24(21,22)20-17-10-12-23-18(17)15-5-3-11-19-13-15/h3,5-13,20H,2,4H2,1H3. The van der Waals surface area contributed by atoms with Crippen LogP contribution in [0.4, 0.5) is 5.69 Å². The predicted molar refractivity (Wildman–Crippen MR) is 98.8 cm³/mol. The highest BCUT2D eigenvalue weighted by molar-refractivity contribution is 7.92. The molecule has 2 heterocycles. The van der Waals surface area contributed by atoms with Gasteiger partial charge in [0.2, 0.25) is 0 Å². The van der Waals surface area contributed by atoms with Gasteiger partial charge in [0.1, 0.15) is 0 Å². The van der Waals surface area contributed by atoms with Crippen molar-refractivity contribution < 1.29 is 8.42 Å². The van der Waals surface area contributed by atoms with E-state index in [2.05, 4.69) is 16.6 Å². The Labute approximate surface area is 146 Å². The summed E-state index contributed by atoms with van der Waals surface area (Å²) < 4.78 is 27.9. The molecule has 0 aliphatic rings. The average Bonchev–Trinajstić information content (AvgIpc) is 3.04. The van der Waals surface area contributed by atoms with E-state index in [1.165, 1.54) is 11.3 Å². The van der Waals surface area contributed by atoms with Crippen LogP contribution in [-0.2, 0) is 16.4 Å². The summed E-state index contributed by atoms with van der Waals surface area (Å²) in [6.07, 6.45) is 5.40. The van der Waals surface area contributed by atoms with Gasteiger partial charge in [0.05, 0.1) is 15.5 Å². The van der Waals surface area contributed by atoms with Crippen molar-refractivity contribution in [1.82, 2.24) is 4.98 Å². The van der Waals surface area contributed by atoms with Gasteiger partial charge in [-0.05, 0) is 41.6 Å². The summed E-state index contributed by atoms with van der Waals surface area (Å²) in [7, 11) is -3.61. The van der Waals surface area contributed by atoms with E-state index < -0.39 is 10.0 Å². The molecular weight excluding hydrogens is 340 g/mol. The number of aryl methyl sites for hydroxylation is 1. The third-order valence-corrected chi connectivity index (χ3v) is 5.95. The van der Waals surface area contributed by atoms with E-state index in [0.717, 1.165) is 28.8 Å². The number of thiophene rings is 1. The van der Waals surface area contributed by atoms with Gasteiger partial charge in [-0.2, -0.15) is 0 Å². The molecule has 0 amide bonds. The van der Waals surface area contributed by atoms with Crippen molar-refractivity contribution in [1.29, 1.82) is 0 Å². The van der Waals surface area contributed by atoms with Gasteiger partial charge in [-0.3, -0.25) is 9.71 Å². The summed E-state index contributed by atoms with van der Waals surface area (Å²) in [5.74, 6) is 0. The lowest BCUT2D eigenvalue weighted by Gasteiger charge is -2.09. The zero-order valence-corrected chi connectivity index (χ0v) is 14.9. The summed E-state index contributed by atoms with van der Waals surface area (Å²) in [5.41, 5.74) is 2.61. The highest BCUT2D eigenvalue weighted by Gasteiger charge is 2.17. The Balaban J connectivity index is 1.87. The van der Waals surface area contributed by atoms with Crippen molar-refractivity contribution >= 4 is 27.0 Å². The van der Waals surface area contributed by atoms with E-state index in [1.54, 1.807) is 30.6 Å². The van der Waals surface area contributed by atoms with Crippen LogP contribution in [0.5, 0.6) is 0 Å². The SMILES string of the molecule is CCCc1ccc(S(=O)(=O)Nc2ccsc2-c2cccnc2)cc1. The number of nitrogens with zero attached hydrogens (tertiary/aromatic N) is 1. The van der Waals surface area contributed by atoms with Crippen LogP contribution in [0.2, 0.25) is 0 Å². The molecule has 3 rings (SSSR count). The van der Waals surface area contributed by atoms with E-state index in [-0.39, 0.29) is 4.90 Å². The molecular formula is C18H18N2O2S2. The molecule has 6 heteroatoms. The average molecular weight is 358 g/mol. The molecule has 0 aliphatic carbocycles. The van der Waals surface area contributed by atoms with Crippen LogP contribution in [0.3, 0.4) is 0 Å².